The second-order valence-corrected chi connectivity index (χ2v) is 6.63. The molecular weight excluding hydrogens is 356 g/mol. The summed E-state index contributed by atoms with van der Waals surface area (Å²) in [6.07, 6.45) is -1.19. The Balaban J connectivity index is 2.10. The highest BCUT2D eigenvalue weighted by Gasteiger charge is 2.26. The summed E-state index contributed by atoms with van der Waals surface area (Å²) < 4.78 is 62.8. The molecule has 0 radical (unpaired) electrons. The molecule has 1 amide bonds. The van der Waals surface area contributed by atoms with Gasteiger partial charge >= 0.3 is 0 Å². The lowest BCUT2D eigenvalue weighted by Crippen LogP contribution is -2.40. The van der Waals surface area contributed by atoms with Gasteiger partial charge in [0.05, 0.1) is 7.11 Å². The predicted molar refractivity (Wildman–Crippen MR) is 84.8 cm³/mol. The molecule has 0 aliphatic carbocycles. The molecule has 0 aliphatic heterocycles. The van der Waals surface area contributed by atoms with Gasteiger partial charge in [-0.25, -0.2) is 21.9 Å². The summed E-state index contributed by atoms with van der Waals surface area (Å²) in [5.41, 5.74) is 0. The summed E-state index contributed by atoms with van der Waals surface area (Å²) in [5, 5.41) is 0. The number of ether oxygens (including phenoxy) is 2. The first kappa shape index (κ1) is 18.7. The highest BCUT2D eigenvalue weighted by Crippen LogP contribution is 2.19. The van der Waals surface area contributed by atoms with Crippen LogP contribution in [0.25, 0.3) is 0 Å². The number of hydrogen-bond acceptors (Lipinski definition) is 5. The van der Waals surface area contributed by atoms with Crippen LogP contribution < -0.4 is 14.2 Å². The van der Waals surface area contributed by atoms with Gasteiger partial charge in [0.2, 0.25) is 0 Å². The average molecular weight is 371 g/mol. The number of hydrogen-bond donors (Lipinski definition) is 1. The first-order chi connectivity index (χ1) is 11.7. The number of amides is 1. The minimum atomic E-state index is -4.58. The van der Waals surface area contributed by atoms with Crippen LogP contribution in [0.3, 0.4) is 0 Å². The lowest BCUT2D eigenvalue weighted by molar-refractivity contribution is -0.125. The molecule has 9 heteroatoms. The van der Waals surface area contributed by atoms with Gasteiger partial charge < -0.3 is 9.47 Å². The highest BCUT2D eigenvalue weighted by molar-refractivity contribution is 7.90. The Labute approximate surface area is 143 Å². The summed E-state index contributed by atoms with van der Waals surface area (Å²) >= 11 is 0. The van der Waals surface area contributed by atoms with Crippen molar-refractivity contribution < 1.29 is 31.5 Å². The quantitative estimate of drug-likeness (QED) is 0.842. The first-order valence-corrected chi connectivity index (χ1v) is 8.53. The van der Waals surface area contributed by atoms with Crippen molar-refractivity contribution in [2.24, 2.45) is 0 Å². The third-order valence-electron chi connectivity index (χ3n) is 3.16. The van der Waals surface area contributed by atoms with Crippen molar-refractivity contribution in [2.45, 2.75) is 17.9 Å². The summed E-state index contributed by atoms with van der Waals surface area (Å²) in [7, 11) is -3.09. The molecule has 0 aromatic heterocycles. The fourth-order valence-electron chi connectivity index (χ4n) is 1.87. The topological polar surface area (TPSA) is 81.7 Å². The molecule has 0 saturated heterocycles. The van der Waals surface area contributed by atoms with Crippen molar-refractivity contribution in [3.8, 4) is 11.5 Å². The van der Waals surface area contributed by atoms with Crippen LogP contribution in [0.1, 0.15) is 6.92 Å². The molecule has 0 aliphatic rings. The standard InChI is InChI=1S/C16H15F2NO5S/c1-10(24-13-6-4-12(23-2)5-7-13)16(20)19-25(21,22)15-9-11(17)3-8-14(15)18/h3-10H,1-2H3,(H,19,20)/t10-/m0/s1. The third kappa shape index (κ3) is 4.66. The molecule has 0 spiro atoms. The molecule has 2 aromatic rings. The van der Waals surface area contributed by atoms with E-state index in [1.165, 1.54) is 26.2 Å². The molecule has 6 nitrogen and oxygen atoms in total. The minimum Gasteiger partial charge on any atom is -0.497 e. The second kappa shape index (κ2) is 7.47. The van der Waals surface area contributed by atoms with Crippen LogP contribution in [0, 0.1) is 11.6 Å². The number of halogens is 2. The third-order valence-corrected chi connectivity index (χ3v) is 4.52. The maximum Gasteiger partial charge on any atom is 0.274 e. The summed E-state index contributed by atoms with van der Waals surface area (Å²) in [5.74, 6) is -2.27. The van der Waals surface area contributed by atoms with Crippen LogP contribution in [0.2, 0.25) is 0 Å². The molecule has 2 rings (SSSR count). The normalized spacial score (nSPS) is 12.3. The van der Waals surface area contributed by atoms with E-state index in [0.29, 0.717) is 23.6 Å². The molecule has 1 atom stereocenters. The smallest absolute Gasteiger partial charge is 0.274 e. The lowest BCUT2D eigenvalue weighted by atomic mass is 10.3. The fourth-order valence-corrected chi connectivity index (χ4v) is 3.00. The monoisotopic (exact) mass is 371 g/mol. The van der Waals surface area contributed by atoms with Crippen LogP contribution in [-0.4, -0.2) is 27.5 Å². The fraction of sp³-hybridized carbons (Fsp3) is 0.188. The van der Waals surface area contributed by atoms with Gasteiger partial charge in [0, 0.05) is 0 Å². The van der Waals surface area contributed by atoms with Crippen molar-refractivity contribution in [1.82, 2.24) is 4.72 Å². The number of nitrogens with one attached hydrogen (secondary N) is 1. The number of sulfonamides is 1. The lowest BCUT2D eigenvalue weighted by Gasteiger charge is -2.15. The van der Waals surface area contributed by atoms with Crippen molar-refractivity contribution in [3.63, 3.8) is 0 Å². The number of carbonyl (C=O) groups excluding carboxylic acids is 1. The van der Waals surface area contributed by atoms with Crippen LogP contribution in [0.4, 0.5) is 8.78 Å². The molecule has 1 N–H and O–H groups in total. The number of rotatable bonds is 6. The Morgan fingerprint density at radius 2 is 1.68 bits per heavy atom. The number of carbonyl (C=O) groups is 1. The van der Waals surface area contributed by atoms with E-state index in [1.807, 2.05) is 0 Å². The van der Waals surface area contributed by atoms with Crippen LogP contribution in [0.15, 0.2) is 47.4 Å². The van der Waals surface area contributed by atoms with E-state index in [-0.39, 0.29) is 0 Å². The van der Waals surface area contributed by atoms with Crippen LogP contribution >= 0.6 is 0 Å². The van der Waals surface area contributed by atoms with Crippen molar-refractivity contribution >= 4 is 15.9 Å². The van der Waals surface area contributed by atoms with Gasteiger partial charge in [-0.15, -0.1) is 0 Å². The second-order valence-electron chi connectivity index (χ2n) is 4.98. The molecule has 0 bridgehead atoms. The molecule has 0 heterocycles. The Hall–Kier alpha value is -2.68. The van der Waals surface area contributed by atoms with E-state index in [9.17, 15) is 22.0 Å². The maximum absolute atomic E-state index is 13.6. The molecular formula is C16H15F2NO5S. The Morgan fingerprint density at radius 3 is 2.28 bits per heavy atom. The van der Waals surface area contributed by atoms with Gasteiger partial charge in [0.1, 0.15) is 28.0 Å². The largest absolute Gasteiger partial charge is 0.497 e. The van der Waals surface area contributed by atoms with Crippen LogP contribution in [0.5, 0.6) is 11.5 Å². The van der Waals surface area contributed by atoms with E-state index in [0.717, 1.165) is 6.07 Å². The highest BCUT2D eigenvalue weighted by atomic mass is 32.2. The first-order valence-electron chi connectivity index (χ1n) is 7.05. The van der Waals surface area contributed by atoms with Crippen LogP contribution in [-0.2, 0) is 14.8 Å². The van der Waals surface area contributed by atoms with Crippen molar-refractivity contribution in [3.05, 3.63) is 54.1 Å². The van der Waals surface area contributed by atoms with Gasteiger partial charge in [-0.2, -0.15) is 0 Å². The van der Waals surface area contributed by atoms with Crippen molar-refractivity contribution in [2.75, 3.05) is 7.11 Å². The zero-order valence-electron chi connectivity index (χ0n) is 13.3. The summed E-state index contributed by atoms with van der Waals surface area (Å²) in [6.45, 7) is 1.32. The summed E-state index contributed by atoms with van der Waals surface area (Å²) in [4.78, 5) is 11.0. The Kier molecular flexibility index (Phi) is 5.58. The molecule has 134 valence electrons. The molecule has 0 fully saturated rings. The summed E-state index contributed by atoms with van der Waals surface area (Å²) in [6, 6.07) is 8.17. The zero-order valence-corrected chi connectivity index (χ0v) is 14.1. The van der Waals surface area contributed by atoms with E-state index in [1.54, 1.807) is 16.9 Å². The predicted octanol–water partition coefficient (Wildman–Crippen LogP) is 2.25. The van der Waals surface area contributed by atoms with Crippen molar-refractivity contribution in [1.29, 1.82) is 0 Å². The van der Waals surface area contributed by atoms with E-state index < -0.39 is 38.6 Å². The Bertz CT molecular complexity index is 869. The van der Waals surface area contributed by atoms with Gasteiger partial charge in [0.15, 0.2) is 6.10 Å². The van der Waals surface area contributed by atoms with E-state index in [2.05, 4.69) is 0 Å². The molecule has 25 heavy (non-hydrogen) atoms. The van der Waals surface area contributed by atoms with Gasteiger partial charge in [-0.3, -0.25) is 4.79 Å². The zero-order chi connectivity index (χ0) is 18.6. The SMILES string of the molecule is COc1ccc(O[C@@H](C)C(=O)NS(=O)(=O)c2cc(F)ccc2F)cc1. The average Bonchev–Trinajstić information content (AvgIpc) is 2.57. The molecule has 0 unspecified atom stereocenters. The number of methoxy groups -OCH3 is 1. The van der Waals surface area contributed by atoms with Gasteiger partial charge in [-0.05, 0) is 49.4 Å². The number of benzene rings is 2. The van der Waals surface area contributed by atoms with E-state index >= 15 is 0 Å². The Morgan fingerprint density at radius 1 is 1.08 bits per heavy atom. The van der Waals surface area contributed by atoms with Gasteiger partial charge in [-0.1, -0.05) is 0 Å². The van der Waals surface area contributed by atoms with E-state index in [4.69, 9.17) is 9.47 Å². The minimum absolute atomic E-state index is 0.304. The maximum atomic E-state index is 13.6. The molecule has 2 aromatic carbocycles. The molecule has 0 saturated carbocycles. The van der Waals surface area contributed by atoms with Gasteiger partial charge in [0.25, 0.3) is 15.9 Å².